The highest BCUT2D eigenvalue weighted by Gasteiger charge is 2.78. The molecule has 1 unspecified atom stereocenters. The highest BCUT2D eigenvalue weighted by molar-refractivity contribution is 7.91. The van der Waals surface area contributed by atoms with Gasteiger partial charge >= 0.3 is 12.4 Å². The highest BCUT2D eigenvalue weighted by Crippen LogP contribution is 2.79. The van der Waals surface area contributed by atoms with Crippen LogP contribution in [0.4, 0.5) is 32.0 Å². The van der Waals surface area contributed by atoms with Crippen LogP contribution in [0.15, 0.2) is 23.4 Å². The molecule has 0 spiro atoms. The second-order valence-electron chi connectivity index (χ2n) is 10.0. The first-order valence-electron chi connectivity index (χ1n) is 10.8. The molecular formula is C21H21F6N5O2S. The van der Waals surface area contributed by atoms with Gasteiger partial charge in [0.25, 0.3) is 5.91 Å². The maximum atomic E-state index is 14.1. The largest absolute Gasteiger partial charge is 0.420 e. The molecule has 2 heterocycles. The van der Waals surface area contributed by atoms with Gasteiger partial charge in [-0.2, -0.15) is 31.4 Å². The van der Waals surface area contributed by atoms with Crippen LogP contribution in [-0.2, 0) is 22.5 Å². The molecule has 4 aliphatic rings. The Morgan fingerprint density at radius 1 is 1.23 bits per heavy atom. The van der Waals surface area contributed by atoms with Crippen molar-refractivity contribution in [2.45, 2.75) is 61.9 Å². The predicted octanol–water partition coefficient (Wildman–Crippen LogP) is 5.19. The molecule has 2 N–H and O–H groups in total. The van der Waals surface area contributed by atoms with E-state index in [1.165, 1.54) is 12.3 Å². The van der Waals surface area contributed by atoms with Crippen LogP contribution < -0.4 is 5.32 Å². The Hall–Kier alpha value is -2.64. The van der Waals surface area contributed by atoms with Crippen molar-refractivity contribution in [2.75, 3.05) is 11.6 Å². The molecule has 2 aromatic rings. The Morgan fingerprint density at radius 2 is 1.86 bits per heavy atom. The number of pyridine rings is 1. The summed E-state index contributed by atoms with van der Waals surface area (Å²) >= 11 is 0. The van der Waals surface area contributed by atoms with Gasteiger partial charge in [0.2, 0.25) is 0 Å². The van der Waals surface area contributed by atoms with Crippen molar-refractivity contribution >= 4 is 21.3 Å². The first-order chi connectivity index (χ1) is 16.0. The number of carbonyl (C=O) groups is 1. The summed E-state index contributed by atoms with van der Waals surface area (Å²) in [6.45, 7) is -0.222. The molecule has 6 rings (SSSR count). The van der Waals surface area contributed by atoms with Gasteiger partial charge in [-0.3, -0.25) is 9.48 Å². The van der Waals surface area contributed by atoms with Crippen molar-refractivity contribution in [3.05, 3.63) is 35.3 Å². The average molecular weight is 521 g/mol. The third kappa shape index (κ3) is 3.99. The van der Waals surface area contributed by atoms with E-state index in [2.05, 4.69) is 15.4 Å². The molecule has 4 fully saturated rings. The summed E-state index contributed by atoms with van der Waals surface area (Å²) in [5, 5.41) is 6.27. The Balaban J connectivity index is 1.50. The lowest BCUT2D eigenvalue weighted by Gasteiger charge is -2.70. The molecule has 2 aromatic heterocycles. The van der Waals surface area contributed by atoms with Gasteiger partial charge in [-0.15, -0.1) is 0 Å². The van der Waals surface area contributed by atoms with Crippen molar-refractivity contribution in [2.24, 2.45) is 10.8 Å². The molecule has 190 valence electrons. The maximum Gasteiger partial charge on any atom is 0.420 e. The second-order valence-corrected chi connectivity index (χ2v) is 12.1. The molecule has 35 heavy (non-hydrogen) atoms. The number of rotatable bonds is 6. The van der Waals surface area contributed by atoms with Gasteiger partial charge in [0.05, 0.1) is 20.8 Å². The fraction of sp³-hybridized carbons (Fsp3) is 0.571. The van der Waals surface area contributed by atoms with E-state index in [1.54, 1.807) is 0 Å². The molecule has 1 amide bonds. The lowest BCUT2D eigenvalue weighted by molar-refractivity contribution is -0.366. The van der Waals surface area contributed by atoms with Crippen LogP contribution in [0.25, 0.3) is 0 Å². The Kier molecular flexibility index (Phi) is 4.95. The summed E-state index contributed by atoms with van der Waals surface area (Å²) in [6.07, 6.45) is -6.65. The second kappa shape index (κ2) is 7.20. The molecule has 14 heteroatoms. The molecule has 0 saturated heterocycles. The van der Waals surface area contributed by atoms with Crippen LogP contribution in [0.5, 0.6) is 0 Å². The van der Waals surface area contributed by atoms with E-state index >= 15 is 0 Å². The highest BCUT2D eigenvalue weighted by atomic mass is 32.2. The van der Waals surface area contributed by atoms with Gasteiger partial charge in [-0.05, 0) is 49.7 Å². The van der Waals surface area contributed by atoms with Gasteiger partial charge in [-0.25, -0.2) is 14.0 Å². The lowest BCUT2D eigenvalue weighted by Crippen LogP contribution is -2.69. The van der Waals surface area contributed by atoms with Crippen LogP contribution in [0, 0.1) is 15.6 Å². The number of hydrogen-bond acceptors (Lipinski definition) is 5. The number of nitrogens with one attached hydrogen (secondary N) is 2. The average Bonchev–Trinajstić information content (AvgIpc) is 3.41. The summed E-state index contributed by atoms with van der Waals surface area (Å²) in [5.41, 5.74) is -4.85. The number of aromatic nitrogens is 3. The van der Waals surface area contributed by atoms with Crippen molar-refractivity contribution in [1.82, 2.24) is 14.8 Å². The van der Waals surface area contributed by atoms with E-state index in [0.29, 0.717) is 12.8 Å². The number of anilines is 1. The molecule has 7 nitrogen and oxygen atoms in total. The van der Waals surface area contributed by atoms with E-state index in [9.17, 15) is 35.3 Å². The number of carbonyl (C=O) groups excluding carboxylic acids is 1. The molecule has 0 aliphatic heterocycles. The van der Waals surface area contributed by atoms with Crippen molar-refractivity contribution in [1.29, 1.82) is 4.78 Å². The molecule has 4 saturated carbocycles. The lowest BCUT2D eigenvalue weighted by atomic mass is 9.35. The molecule has 4 aliphatic carbocycles. The number of alkyl halides is 6. The SMILES string of the molecule is CS(=N)(=O)c1cc(NC(=O)c2c(C(F)(F)F)c(C3CC3)nn2CC23CC(C(F)(F)F)(C2)C3)ccn1. The predicted molar refractivity (Wildman–Crippen MR) is 111 cm³/mol. The Bertz CT molecular complexity index is 1310. The first-order valence-corrected chi connectivity index (χ1v) is 12.8. The topological polar surface area (TPSA) is 101 Å². The van der Waals surface area contributed by atoms with Gasteiger partial charge in [-0.1, -0.05) is 0 Å². The van der Waals surface area contributed by atoms with Gasteiger partial charge in [0.15, 0.2) is 0 Å². The third-order valence-electron chi connectivity index (χ3n) is 7.06. The summed E-state index contributed by atoms with van der Waals surface area (Å²) in [4.78, 5) is 17.0. The fourth-order valence-corrected chi connectivity index (χ4v) is 6.04. The van der Waals surface area contributed by atoms with Crippen molar-refractivity contribution in [3.63, 3.8) is 0 Å². The summed E-state index contributed by atoms with van der Waals surface area (Å²) in [6, 6.07) is 2.41. The number of amides is 1. The van der Waals surface area contributed by atoms with Crippen LogP contribution in [0.1, 0.15) is 59.8 Å². The zero-order valence-corrected chi connectivity index (χ0v) is 19.2. The minimum Gasteiger partial charge on any atom is -0.320 e. The standard InChI is InChI=1S/C21H21F6N5O2S/c1-35(28,34)13-6-12(4-5-29-13)30-17(33)16-14(20(22,23)24)15(11-2-3-11)31-32(16)10-18-7-19(8-18,9-18)21(25,26)27/h4-6,11,28H,2-3,7-10H2,1H3,(H,29,30,33). The van der Waals surface area contributed by atoms with E-state index < -0.39 is 56.0 Å². The summed E-state index contributed by atoms with van der Waals surface area (Å²) in [7, 11) is -3.25. The summed E-state index contributed by atoms with van der Waals surface area (Å²) in [5.74, 6) is -1.60. The van der Waals surface area contributed by atoms with Gasteiger partial charge in [0.1, 0.15) is 16.3 Å². The van der Waals surface area contributed by atoms with Crippen LogP contribution >= 0.6 is 0 Å². The van der Waals surface area contributed by atoms with Gasteiger partial charge < -0.3 is 5.32 Å². The van der Waals surface area contributed by atoms with E-state index in [-0.39, 0.29) is 42.2 Å². The van der Waals surface area contributed by atoms with Crippen LogP contribution in [-0.4, -0.2) is 37.3 Å². The van der Waals surface area contributed by atoms with E-state index in [4.69, 9.17) is 4.78 Å². The van der Waals surface area contributed by atoms with Crippen molar-refractivity contribution in [3.8, 4) is 0 Å². The maximum absolute atomic E-state index is 14.1. The smallest absolute Gasteiger partial charge is 0.320 e. The zero-order valence-electron chi connectivity index (χ0n) is 18.4. The van der Waals surface area contributed by atoms with Crippen molar-refractivity contribution < 1.29 is 35.3 Å². The molecule has 2 bridgehead atoms. The van der Waals surface area contributed by atoms with E-state index in [0.717, 1.165) is 17.0 Å². The molecule has 0 radical (unpaired) electrons. The number of nitrogens with zero attached hydrogens (tertiary/aromatic N) is 3. The first kappa shape index (κ1) is 24.1. The third-order valence-corrected chi connectivity index (χ3v) is 8.08. The molecule has 0 aromatic carbocycles. The summed E-state index contributed by atoms with van der Waals surface area (Å²) < 4.78 is 103. The Morgan fingerprint density at radius 3 is 2.37 bits per heavy atom. The quantitative estimate of drug-likeness (QED) is 0.511. The number of hydrogen-bond donors (Lipinski definition) is 2. The minimum atomic E-state index is -4.90. The minimum absolute atomic E-state index is 0.0165. The van der Waals surface area contributed by atoms with E-state index in [1.807, 2.05) is 0 Å². The zero-order chi connectivity index (χ0) is 25.6. The van der Waals surface area contributed by atoms with Gasteiger partial charge in [0, 0.05) is 30.6 Å². The normalized spacial score (nSPS) is 27.5. The van der Waals surface area contributed by atoms with Crippen LogP contribution in [0.2, 0.25) is 0 Å². The molecule has 1 atom stereocenters. The number of halogens is 6. The monoisotopic (exact) mass is 521 g/mol. The van der Waals surface area contributed by atoms with Crippen LogP contribution in [0.3, 0.4) is 0 Å². The molecular weight excluding hydrogens is 500 g/mol. The Labute approximate surface area is 196 Å². The fourth-order valence-electron chi connectivity index (χ4n) is 5.42.